The molecule has 1 fully saturated rings. The highest BCUT2D eigenvalue weighted by Gasteiger charge is 2.15. The monoisotopic (exact) mass is 341 g/mol. The van der Waals surface area contributed by atoms with Gasteiger partial charge in [0, 0.05) is 24.2 Å². The lowest BCUT2D eigenvalue weighted by Crippen LogP contribution is -2.28. The Bertz CT molecular complexity index is 681. The molecule has 1 saturated heterocycles. The Labute approximate surface area is 149 Å². The Balaban J connectivity index is 1.46. The largest absolute Gasteiger partial charge is 0.361 e. The second kappa shape index (κ2) is 8.30. The lowest BCUT2D eigenvalue weighted by atomic mass is 9.91. The molecule has 134 valence electrons. The van der Waals surface area contributed by atoms with Crippen molar-refractivity contribution in [3.63, 3.8) is 0 Å². The summed E-state index contributed by atoms with van der Waals surface area (Å²) >= 11 is 0. The molecule has 1 aromatic heterocycles. The van der Waals surface area contributed by atoms with Crippen LogP contribution in [-0.2, 0) is 6.42 Å². The number of carbonyl (C=O) groups excluding carboxylic acids is 1. The number of benzene rings is 1. The van der Waals surface area contributed by atoms with Crippen LogP contribution < -0.4 is 10.6 Å². The van der Waals surface area contributed by atoms with Crippen molar-refractivity contribution in [3.8, 4) is 0 Å². The second-order valence-corrected chi connectivity index (χ2v) is 6.83. The van der Waals surface area contributed by atoms with Gasteiger partial charge in [0.1, 0.15) is 5.76 Å². The van der Waals surface area contributed by atoms with E-state index in [1.165, 1.54) is 18.4 Å². The Morgan fingerprint density at radius 3 is 2.76 bits per heavy atom. The van der Waals surface area contributed by atoms with E-state index in [4.69, 9.17) is 4.52 Å². The maximum Gasteiger partial charge on any atom is 0.251 e. The van der Waals surface area contributed by atoms with Gasteiger partial charge in [-0.1, -0.05) is 17.3 Å². The molecule has 0 saturated carbocycles. The molecule has 5 nitrogen and oxygen atoms in total. The molecule has 0 spiro atoms. The second-order valence-electron chi connectivity index (χ2n) is 6.83. The van der Waals surface area contributed by atoms with Crippen molar-refractivity contribution >= 4 is 5.91 Å². The molecule has 1 aliphatic rings. The Kier molecular flexibility index (Phi) is 5.87. The van der Waals surface area contributed by atoms with Gasteiger partial charge in [-0.25, -0.2) is 0 Å². The van der Waals surface area contributed by atoms with Crippen molar-refractivity contribution in [1.82, 2.24) is 15.8 Å². The van der Waals surface area contributed by atoms with Gasteiger partial charge in [0.15, 0.2) is 0 Å². The number of hydrogen-bond acceptors (Lipinski definition) is 4. The molecule has 25 heavy (non-hydrogen) atoms. The van der Waals surface area contributed by atoms with Crippen molar-refractivity contribution < 1.29 is 9.32 Å². The smallest absolute Gasteiger partial charge is 0.251 e. The van der Waals surface area contributed by atoms with E-state index in [2.05, 4.69) is 27.9 Å². The lowest BCUT2D eigenvalue weighted by Gasteiger charge is -2.23. The van der Waals surface area contributed by atoms with Crippen molar-refractivity contribution in [2.45, 2.75) is 45.4 Å². The Morgan fingerprint density at radius 1 is 1.32 bits per heavy atom. The first-order valence-corrected chi connectivity index (χ1v) is 9.16. The predicted molar refractivity (Wildman–Crippen MR) is 97.9 cm³/mol. The van der Waals surface area contributed by atoms with Crippen LogP contribution in [-0.4, -0.2) is 30.7 Å². The molecule has 2 heterocycles. The normalized spacial score (nSPS) is 17.4. The van der Waals surface area contributed by atoms with E-state index in [0.717, 1.165) is 48.5 Å². The minimum atomic E-state index is -0.00733. The summed E-state index contributed by atoms with van der Waals surface area (Å²) in [6.07, 6.45) is 4.19. The molecule has 1 aromatic carbocycles. The number of hydrogen-bond donors (Lipinski definition) is 2. The average Bonchev–Trinajstić information content (AvgIpc) is 2.97. The maximum atomic E-state index is 12.3. The van der Waals surface area contributed by atoms with Gasteiger partial charge in [0.25, 0.3) is 5.91 Å². The summed E-state index contributed by atoms with van der Waals surface area (Å²) in [5.41, 5.74) is 4.14. The number of carbonyl (C=O) groups is 1. The van der Waals surface area contributed by atoms with Gasteiger partial charge in [-0.2, -0.15) is 0 Å². The molecule has 0 aliphatic carbocycles. The molecule has 5 heteroatoms. The first kappa shape index (κ1) is 17.7. The van der Waals surface area contributed by atoms with Crippen molar-refractivity contribution in [3.05, 3.63) is 52.4 Å². The number of piperidine rings is 1. The van der Waals surface area contributed by atoms with Crippen LogP contribution in [0.15, 0.2) is 28.8 Å². The summed E-state index contributed by atoms with van der Waals surface area (Å²) < 4.78 is 5.16. The van der Waals surface area contributed by atoms with Crippen LogP contribution in [0.3, 0.4) is 0 Å². The number of nitrogens with zero attached hydrogens (tertiary/aromatic N) is 1. The summed E-state index contributed by atoms with van der Waals surface area (Å²) in [6, 6.07) is 8.06. The zero-order valence-electron chi connectivity index (χ0n) is 15.1. The highest BCUT2D eigenvalue weighted by Crippen LogP contribution is 2.23. The fraction of sp³-hybridized carbons (Fsp3) is 0.500. The third kappa shape index (κ3) is 4.48. The third-order valence-electron chi connectivity index (χ3n) is 5.01. The summed E-state index contributed by atoms with van der Waals surface area (Å²) in [4.78, 5) is 12.3. The Hall–Kier alpha value is -2.14. The van der Waals surface area contributed by atoms with Crippen molar-refractivity contribution in [2.24, 2.45) is 0 Å². The average molecular weight is 341 g/mol. The van der Waals surface area contributed by atoms with Gasteiger partial charge in [-0.15, -0.1) is 0 Å². The third-order valence-corrected chi connectivity index (χ3v) is 5.01. The molecular formula is C20H27N3O2. The van der Waals surface area contributed by atoms with Crippen LogP contribution in [0.1, 0.15) is 58.1 Å². The molecule has 0 bridgehead atoms. The number of aromatic nitrogens is 1. The van der Waals surface area contributed by atoms with Crippen LogP contribution in [0.2, 0.25) is 0 Å². The molecule has 3 rings (SSSR count). The molecule has 1 amide bonds. The first-order valence-electron chi connectivity index (χ1n) is 9.16. The highest BCUT2D eigenvalue weighted by atomic mass is 16.5. The molecule has 0 radical (unpaired) electrons. The zero-order valence-corrected chi connectivity index (χ0v) is 15.1. The van der Waals surface area contributed by atoms with Gasteiger partial charge in [-0.05, 0) is 69.7 Å². The minimum Gasteiger partial charge on any atom is -0.361 e. The molecular weight excluding hydrogens is 314 g/mol. The number of amides is 1. The van der Waals surface area contributed by atoms with Gasteiger partial charge in [0.2, 0.25) is 0 Å². The minimum absolute atomic E-state index is 0.00733. The number of nitrogens with one attached hydrogen (secondary N) is 2. The summed E-state index contributed by atoms with van der Waals surface area (Å²) in [5, 5.41) is 10.4. The fourth-order valence-electron chi connectivity index (χ4n) is 3.47. The SMILES string of the molecule is Cc1noc(C)c1CCCNC(=O)c1ccc([C@@H]2CCCNC2)cc1. The van der Waals surface area contributed by atoms with E-state index in [9.17, 15) is 4.79 Å². The fourth-order valence-corrected chi connectivity index (χ4v) is 3.47. The first-order chi connectivity index (χ1) is 12.1. The van der Waals surface area contributed by atoms with E-state index >= 15 is 0 Å². The van der Waals surface area contributed by atoms with E-state index in [1.807, 2.05) is 26.0 Å². The van der Waals surface area contributed by atoms with Gasteiger partial charge in [0.05, 0.1) is 5.69 Å². The number of aryl methyl sites for hydroxylation is 2. The van der Waals surface area contributed by atoms with Crippen molar-refractivity contribution in [1.29, 1.82) is 0 Å². The van der Waals surface area contributed by atoms with Crippen LogP contribution in [0.4, 0.5) is 0 Å². The van der Waals surface area contributed by atoms with Gasteiger partial charge < -0.3 is 15.2 Å². The molecule has 0 unspecified atom stereocenters. The standard InChI is InChI=1S/C20H27N3O2/c1-14-19(15(2)25-23-14)6-4-12-22-20(24)17-9-7-16(8-10-17)18-5-3-11-21-13-18/h7-10,18,21H,3-6,11-13H2,1-2H3,(H,22,24)/t18-/m1/s1. The van der Waals surface area contributed by atoms with E-state index in [0.29, 0.717) is 12.5 Å². The van der Waals surface area contributed by atoms with Crippen LogP contribution in [0.5, 0.6) is 0 Å². The summed E-state index contributed by atoms with van der Waals surface area (Å²) in [5.74, 6) is 1.43. The van der Waals surface area contributed by atoms with Crippen LogP contribution >= 0.6 is 0 Å². The highest BCUT2D eigenvalue weighted by molar-refractivity contribution is 5.94. The molecule has 1 aliphatic heterocycles. The summed E-state index contributed by atoms with van der Waals surface area (Å²) in [7, 11) is 0. The molecule has 1 atom stereocenters. The predicted octanol–water partition coefficient (Wildman–Crippen LogP) is 3.12. The maximum absolute atomic E-state index is 12.3. The van der Waals surface area contributed by atoms with Gasteiger partial charge in [-0.3, -0.25) is 4.79 Å². The van der Waals surface area contributed by atoms with Crippen LogP contribution in [0.25, 0.3) is 0 Å². The van der Waals surface area contributed by atoms with Crippen molar-refractivity contribution in [2.75, 3.05) is 19.6 Å². The van der Waals surface area contributed by atoms with E-state index in [-0.39, 0.29) is 5.91 Å². The summed E-state index contributed by atoms with van der Waals surface area (Å²) in [6.45, 7) is 6.68. The zero-order chi connectivity index (χ0) is 17.6. The van der Waals surface area contributed by atoms with Gasteiger partial charge >= 0.3 is 0 Å². The molecule has 2 aromatic rings. The lowest BCUT2D eigenvalue weighted by molar-refractivity contribution is 0.0953. The quantitative estimate of drug-likeness (QED) is 0.792. The van der Waals surface area contributed by atoms with E-state index < -0.39 is 0 Å². The van der Waals surface area contributed by atoms with Crippen LogP contribution in [0, 0.1) is 13.8 Å². The van der Waals surface area contributed by atoms with E-state index in [1.54, 1.807) is 0 Å². The number of rotatable bonds is 6. The topological polar surface area (TPSA) is 67.2 Å². The molecule has 2 N–H and O–H groups in total. The Morgan fingerprint density at radius 2 is 2.12 bits per heavy atom.